The summed E-state index contributed by atoms with van der Waals surface area (Å²) in [5.74, 6) is 0.0847. The number of aromatic nitrogens is 3. The lowest BCUT2D eigenvalue weighted by Gasteiger charge is -2.18. The smallest absolute Gasteiger partial charge is 0.186 e. The van der Waals surface area contributed by atoms with Crippen LogP contribution in [-0.4, -0.2) is 32.9 Å². The molecular formula is C31H30N4O2. The third-order valence-electron chi connectivity index (χ3n) is 6.58. The molecule has 2 heterocycles. The molecule has 6 nitrogen and oxygen atoms in total. The summed E-state index contributed by atoms with van der Waals surface area (Å²) in [6.07, 6.45) is 6.25. The van der Waals surface area contributed by atoms with Crippen LogP contribution in [0.1, 0.15) is 40.0 Å². The molecular weight excluding hydrogens is 460 g/mol. The van der Waals surface area contributed by atoms with Gasteiger partial charge < -0.3 is 10.3 Å². The van der Waals surface area contributed by atoms with Crippen LogP contribution in [0.3, 0.4) is 0 Å². The van der Waals surface area contributed by atoms with Crippen molar-refractivity contribution in [2.75, 3.05) is 6.54 Å². The van der Waals surface area contributed by atoms with Gasteiger partial charge in [-0.05, 0) is 43.0 Å². The Balaban J connectivity index is 1.38. The molecule has 0 unspecified atom stereocenters. The Morgan fingerprint density at radius 3 is 2.54 bits per heavy atom. The summed E-state index contributed by atoms with van der Waals surface area (Å²) < 4.78 is 1.64. The van der Waals surface area contributed by atoms with E-state index in [0.717, 1.165) is 34.0 Å². The van der Waals surface area contributed by atoms with E-state index in [-0.39, 0.29) is 18.1 Å². The average molecular weight is 491 g/mol. The fourth-order valence-corrected chi connectivity index (χ4v) is 4.62. The van der Waals surface area contributed by atoms with Crippen molar-refractivity contribution in [1.29, 1.82) is 0 Å². The number of H-pyrrole nitrogens is 1. The first kappa shape index (κ1) is 24.4. The number of benzene rings is 3. The zero-order chi connectivity index (χ0) is 25.8. The first-order valence-corrected chi connectivity index (χ1v) is 12.5. The highest BCUT2D eigenvalue weighted by Crippen LogP contribution is 2.29. The van der Waals surface area contributed by atoms with Crippen LogP contribution < -0.4 is 5.32 Å². The van der Waals surface area contributed by atoms with Crippen LogP contribution in [0.15, 0.2) is 91.4 Å². The number of Topliss-reactive ketones (excluding diaryl/α,β-unsaturated/α-hetero) is 2. The highest BCUT2D eigenvalue weighted by atomic mass is 16.1. The van der Waals surface area contributed by atoms with Gasteiger partial charge in [-0.1, -0.05) is 72.3 Å². The van der Waals surface area contributed by atoms with E-state index in [0.29, 0.717) is 12.1 Å². The van der Waals surface area contributed by atoms with Crippen molar-refractivity contribution in [2.45, 2.75) is 32.9 Å². The topological polar surface area (TPSA) is 79.8 Å². The summed E-state index contributed by atoms with van der Waals surface area (Å²) in [5.41, 5.74) is 6.85. The van der Waals surface area contributed by atoms with E-state index >= 15 is 0 Å². The summed E-state index contributed by atoms with van der Waals surface area (Å²) in [6, 6.07) is 23.9. The number of aryl methyl sites for hydroxylation is 1. The predicted molar refractivity (Wildman–Crippen MR) is 147 cm³/mol. The van der Waals surface area contributed by atoms with Gasteiger partial charge in [0.15, 0.2) is 11.6 Å². The molecule has 0 saturated carbocycles. The van der Waals surface area contributed by atoms with Gasteiger partial charge in [0.05, 0.1) is 18.8 Å². The zero-order valence-corrected chi connectivity index (χ0v) is 21.1. The summed E-state index contributed by atoms with van der Waals surface area (Å²) in [5, 5.41) is 8.67. The summed E-state index contributed by atoms with van der Waals surface area (Å²) in [7, 11) is 0. The Morgan fingerprint density at radius 1 is 1.00 bits per heavy atom. The van der Waals surface area contributed by atoms with Gasteiger partial charge in [-0.15, -0.1) is 0 Å². The highest BCUT2D eigenvalue weighted by Gasteiger charge is 2.24. The molecule has 0 spiro atoms. The SMILES string of the molecule is CC(=O)Cn1cc(-c2ccc3c(C(=O)[C@H](NCCc4ccc(C)cc4)c4ccccc4)c[nH]c3c2)cn1. The molecule has 0 aliphatic heterocycles. The van der Waals surface area contributed by atoms with E-state index in [9.17, 15) is 9.59 Å². The molecule has 37 heavy (non-hydrogen) atoms. The van der Waals surface area contributed by atoms with Gasteiger partial charge in [0, 0.05) is 41.0 Å². The number of rotatable bonds is 10. The van der Waals surface area contributed by atoms with Gasteiger partial charge in [0.1, 0.15) is 0 Å². The molecule has 5 aromatic rings. The number of hydrogen-bond donors (Lipinski definition) is 2. The number of nitrogens with one attached hydrogen (secondary N) is 2. The third-order valence-corrected chi connectivity index (χ3v) is 6.58. The number of fused-ring (bicyclic) bond motifs is 1. The van der Waals surface area contributed by atoms with Crippen molar-refractivity contribution in [2.24, 2.45) is 0 Å². The highest BCUT2D eigenvalue weighted by molar-refractivity contribution is 6.11. The Bertz CT molecular complexity index is 1530. The Morgan fingerprint density at radius 2 is 1.78 bits per heavy atom. The molecule has 0 bridgehead atoms. The molecule has 0 radical (unpaired) electrons. The van der Waals surface area contributed by atoms with E-state index in [1.54, 1.807) is 24.0 Å². The fourth-order valence-electron chi connectivity index (χ4n) is 4.62. The monoisotopic (exact) mass is 490 g/mol. The molecule has 3 aromatic carbocycles. The first-order valence-electron chi connectivity index (χ1n) is 12.5. The summed E-state index contributed by atoms with van der Waals surface area (Å²) >= 11 is 0. The minimum Gasteiger partial charge on any atom is -0.360 e. The normalized spacial score (nSPS) is 12.1. The second-order valence-corrected chi connectivity index (χ2v) is 9.49. The number of carbonyl (C=O) groups is 2. The van der Waals surface area contributed by atoms with Gasteiger partial charge in [-0.25, -0.2) is 0 Å². The van der Waals surface area contributed by atoms with E-state index in [2.05, 4.69) is 46.6 Å². The van der Waals surface area contributed by atoms with Gasteiger partial charge in [0.25, 0.3) is 0 Å². The van der Waals surface area contributed by atoms with Crippen LogP contribution in [0.5, 0.6) is 0 Å². The van der Waals surface area contributed by atoms with Crippen molar-refractivity contribution in [3.05, 3.63) is 114 Å². The van der Waals surface area contributed by atoms with E-state index < -0.39 is 6.04 Å². The van der Waals surface area contributed by atoms with Gasteiger partial charge in [-0.2, -0.15) is 5.10 Å². The largest absolute Gasteiger partial charge is 0.360 e. The Hall–Kier alpha value is -4.29. The van der Waals surface area contributed by atoms with Crippen molar-refractivity contribution in [1.82, 2.24) is 20.1 Å². The third kappa shape index (κ3) is 5.60. The minimum absolute atomic E-state index is 0.0309. The Kier molecular flexibility index (Phi) is 7.10. The molecule has 6 heteroatoms. The van der Waals surface area contributed by atoms with Crippen LogP contribution in [0.4, 0.5) is 0 Å². The Labute approximate surface area is 216 Å². The van der Waals surface area contributed by atoms with E-state index in [4.69, 9.17) is 0 Å². The van der Waals surface area contributed by atoms with Crippen molar-refractivity contribution in [3.63, 3.8) is 0 Å². The number of hydrogen-bond acceptors (Lipinski definition) is 4. The van der Waals surface area contributed by atoms with Crippen LogP contribution in [0.2, 0.25) is 0 Å². The molecule has 0 fully saturated rings. The standard InChI is InChI=1S/C31H30N4O2/c1-21-8-10-23(11-9-21)14-15-32-30(24-6-4-3-5-7-24)31(37)28-18-33-29-16-25(12-13-27(28)29)26-17-34-35(20-26)19-22(2)36/h3-13,16-18,20,30,32-33H,14-15,19H2,1-2H3/t30-/m1/s1. The van der Waals surface area contributed by atoms with E-state index in [1.165, 1.54) is 11.1 Å². The number of ketones is 2. The zero-order valence-electron chi connectivity index (χ0n) is 21.1. The molecule has 186 valence electrons. The number of aromatic amines is 1. The quantitative estimate of drug-likeness (QED) is 0.247. The van der Waals surface area contributed by atoms with Crippen LogP contribution in [0, 0.1) is 6.92 Å². The molecule has 0 saturated heterocycles. The van der Waals surface area contributed by atoms with Gasteiger partial charge in [-0.3, -0.25) is 14.3 Å². The van der Waals surface area contributed by atoms with E-state index in [1.807, 2.05) is 54.7 Å². The first-order chi connectivity index (χ1) is 18.0. The second-order valence-electron chi connectivity index (χ2n) is 9.49. The lowest BCUT2D eigenvalue weighted by molar-refractivity contribution is -0.117. The van der Waals surface area contributed by atoms with Gasteiger partial charge in [0.2, 0.25) is 0 Å². The van der Waals surface area contributed by atoms with Crippen LogP contribution in [0.25, 0.3) is 22.0 Å². The second kappa shape index (κ2) is 10.8. The average Bonchev–Trinajstić information content (AvgIpc) is 3.54. The maximum atomic E-state index is 13.8. The maximum absolute atomic E-state index is 13.8. The maximum Gasteiger partial charge on any atom is 0.186 e. The lowest BCUT2D eigenvalue weighted by atomic mass is 9.96. The summed E-state index contributed by atoms with van der Waals surface area (Å²) in [6.45, 7) is 4.56. The minimum atomic E-state index is -0.449. The molecule has 5 rings (SSSR count). The van der Waals surface area contributed by atoms with Crippen molar-refractivity contribution >= 4 is 22.5 Å². The molecule has 0 aliphatic rings. The molecule has 2 N–H and O–H groups in total. The number of nitrogens with zero attached hydrogens (tertiary/aromatic N) is 2. The lowest BCUT2D eigenvalue weighted by Crippen LogP contribution is -2.30. The molecule has 2 aromatic heterocycles. The van der Waals surface area contributed by atoms with Crippen molar-refractivity contribution in [3.8, 4) is 11.1 Å². The summed E-state index contributed by atoms with van der Waals surface area (Å²) in [4.78, 5) is 28.5. The molecule has 0 aliphatic carbocycles. The molecule has 1 atom stereocenters. The number of carbonyl (C=O) groups excluding carboxylic acids is 2. The molecule has 0 amide bonds. The fraction of sp³-hybridized carbons (Fsp3) is 0.194. The van der Waals surface area contributed by atoms with Crippen LogP contribution >= 0.6 is 0 Å². The predicted octanol–water partition coefficient (Wildman–Crippen LogP) is 5.69. The van der Waals surface area contributed by atoms with Crippen molar-refractivity contribution < 1.29 is 9.59 Å². The van der Waals surface area contributed by atoms with Gasteiger partial charge >= 0.3 is 0 Å². The van der Waals surface area contributed by atoms with Crippen LogP contribution in [-0.2, 0) is 17.8 Å².